The van der Waals surface area contributed by atoms with Gasteiger partial charge in [-0.05, 0) is 31.0 Å². The number of halogens is 1. The smallest absolute Gasteiger partial charge is 0.305 e. The average Bonchev–Trinajstić information content (AvgIpc) is 3.00. The maximum absolute atomic E-state index is 12.3. The number of hydrogen-bond donors (Lipinski definition) is 2. The van der Waals surface area contributed by atoms with E-state index in [2.05, 4.69) is 4.74 Å². The van der Waals surface area contributed by atoms with Crippen molar-refractivity contribution in [1.82, 2.24) is 0 Å². The van der Waals surface area contributed by atoms with Gasteiger partial charge >= 0.3 is 5.97 Å². The number of hydrogen-bond acceptors (Lipinski definition) is 7. The predicted octanol–water partition coefficient (Wildman–Crippen LogP) is 2.89. The van der Waals surface area contributed by atoms with Crippen molar-refractivity contribution >= 4 is 29.1 Å². The van der Waals surface area contributed by atoms with E-state index in [1.54, 1.807) is 30.3 Å². The summed E-state index contributed by atoms with van der Waals surface area (Å²) in [6.07, 6.45) is 2.87. The van der Waals surface area contributed by atoms with E-state index < -0.39 is 24.0 Å². The molecule has 8 heteroatoms. The summed E-state index contributed by atoms with van der Waals surface area (Å²) in [6, 6.07) is 6.79. The summed E-state index contributed by atoms with van der Waals surface area (Å²) in [5.74, 6) is -1.18. The lowest BCUT2D eigenvalue weighted by Crippen LogP contribution is -2.23. The monoisotopic (exact) mass is 452 g/mol. The van der Waals surface area contributed by atoms with Crippen LogP contribution in [0, 0.1) is 11.8 Å². The minimum Gasteiger partial charge on any atom is -0.491 e. The molecule has 1 fully saturated rings. The molecule has 170 valence electrons. The molecule has 0 aliphatic heterocycles. The Bertz CT molecular complexity index is 792. The van der Waals surface area contributed by atoms with Crippen LogP contribution in [-0.2, 0) is 19.1 Å². The van der Waals surface area contributed by atoms with Gasteiger partial charge in [-0.25, -0.2) is 0 Å². The van der Waals surface area contributed by atoms with Gasteiger partial charge in [-0.2, -0.15) is 0 Å². The second kappa shape index (κ2) is 12.6. The topological polar surface area (TPSA) is 110 Å². The van der Waals surface area contributed by atoms with Crippen molar-refractivity contribution in [3.63, 3.8) is 0 Å². The molecule has 1 aromatic rings. The van der Waals surface area contributed by atoms with Crippen molar-refractivity contribution in [2.24, 2.45) is 11.8 Å². The molecule has 0 unspecified atom stereocenters. The van der Waals surface area contributed by atoms with Gasteiger partial charge in [0.05, 0.1) is 13.2 Å². The lowest BCUT2D eigenvalue weighted by Gasteiger charge is -2.17. The first-order valence-electron chi connectivity index (χ1n) is 10.3. The molecule has 1 aliphatic carbocycles. The van der Waals surface area contributed by atoms with E-state index in [1.807, 2.05) is 0 Å². The Morgan fingerprint density at radius 3 is 2.74 bits per heavy atom. The Morgan fingerprint density at radius 2 is 2.03 bits per heavy atom. The maximum atomic E-state index is 12.3. The first-order chi connectivity index (χ1) is 14.8. The lowest BCUT2D eigenvalue weighted by molar-refractivity contribution is -0.140. The molecule has 0 bridgehead atoms. The fraction of sp³-hybridized carbons (Fsp3) is 0.522. The van der Waals surface area contributed by atoms with E-state index in [1.165, 1.54) is 13.2 Å². The van der Waals surface area contributed by atoms with Gasteiger partial charge in [-0.3, -0.25) is 14.4 Å². The number of rotatable bonds is 12. The molecule has 0 heterocycles. The molecular formula is C23H29ClO7. The van der Waals surface area contributed by atoms with Gasteiger partial charge in [0.25, 0.3) is 0 Å². The van der Waals surface area contributed by atoms with Crippen molar-refractivity contribution < 1.29 is 34.1 Å². The number of esters is 1. The van der Waals surface area contributed by atoms with E-state index in [9.17, 15) is 24.6 Å². The summed E-state index contributed by atoms with van der Waals surface area (Å²) in [4.78, 5) is 35.7. The summed E-state index contributed by atoms with van der Waals surface area (Å²) in [5, 5.41) is 20.9. The van der Waals surface area contributed by atoms with Gasteiger partial charge < -0.3 is 19.7 Å². The Hall–Kier alpha value is -2.22. The van der Waals surface area contributed by atoms with Gasteiger partial charge in [-0.15, -0.1) is 0 Å². The zero-order chi connectivity index (χ0) is 22.8. The molecule has 0 spiro atoms. The van der Waals surface area contributed by atoms with Crippen LogP contribution in [0.2, 0.25) is 5.02 Å². The summed E-state index contributed by atoms with van der Waals surface area (Å²) in [6.45, 7) is -0.0165. The summed E-state index contributed by atoms with van der Waals surface area (Å²) >= 11 is 5.89. The zero-order valence-corrected chi connectivity index (χ0v) is 18.3. The SMILES string of the molecule is COC(=O)CCCCC(=O)C[C@H]1C(=O)C[C@@H](O)[C@@H]1C=C[C@H](O)COc1cccc(Cl)c1. The number of ketones is 2. The number of carbonyl (C=O) groups excluding carboxylic acids is 3. The molecule has 4 atom stereocenters. The minimum absolute atomic E-state index is 0.00952. The molecule has 1 aliphatic rings. The molecule has 0 radical (unpaired) electrons. The van der Waals surface area contributed by atoms with Crippen LogP contribution in [0.5, 0.6) is 5.75 Å². The van der Waals surface area contributed by atoms with E-state index in [0.29, 0.717) is 23.6 Å². The molecule has 7 nitrogen and oxygen atoms in total. The lowest BCUT2D eigenvalue weighted by atomic mass is 9.88. The van der Waals surface area contributed by atoms with Crippen molar-refractivity contribution in [3.05, 3.63) is 41.4 Å². The van der Waals surface area contributed by atoms with Crippen LogP contribution >= 0.6 is 11.6 Å². The normalized spacial score (nSPS) is 21.9. The third kappa shape index (κ3) is 8.44. The van der Waals surface area contributed by atoms with Crippen LogP contribution in [0.1, 0.15) is 38.5 Å². The number of Topliss-reactive ketones (excluding diaryl/α,β-unsaturated/α-hetero) is 2. The molecule has 0 aromatic heterocycles. The van der Waals surface area contributed by atoms with Crippen LogP contribution in [0.25, 0.3) is 0 Å². The first-order valence-corrected chi connectivity index (χ1v) is 10.7. The fourth-order valence-corrected chi connectivity index (χ4v) is 3.76. The molecule has 1 saturated carbocycles. The molecule has 0 amide bonds. The first kappa shape index (κ1) is 25.0. The minimum atomic E-state index is -0.948. The van der Waals surface area contributed by atoms with Crippen molar-refractivity contribution in [2.45, 2.75) is 50.7 Å². The van der Waals surface area contributed by atoms with Crippen LogP contribution in [0.3, 0.4) is 0 Å². The second-order valence-electron chi connectivity index (χ2n) is 7.67. The number of carbonyl (C=O) groups is 3. The van der Waals surface area contributed by atoms with Crippen LogP contribution in [0.15, 0.2) is 36.4 Å². The predicted molar refractivity (Wildman–Crippen MR) is 115 cm³/mol. The van der Waals surface area contributed by atoms with E-state index in [4.69, 9.17) is 16.3 Å². The average molecular weight is 453 g/mol. The third-order valence-corrected chi connectivity index (χ3v) is 5.50. The van der Waals surface area contributed by atoms with Crippen molar-refractivity contribution in [2.75, 3.05) is 13.7 Å². The molecule has 2 N–H and O–H groups in total. The number of aliphatic hydroxyl groups is 2. The van der Waals surface area contributed by atoms with Crippen LogP contribution < -0.4 is 4.74 Å². The van der Waals surface area contributed by atoms with E-state index in [-0.39, 0.29) is 49.8 Å². The third-order valence-electron chi connectivity index (χ3n) is 5.27. The number of benzene rings is 1. The highest BCUT2D eigenvalue weighted by Gasteiger charge is 2.40. The Kier molecular flexibility index (Phi) is 10.2. The number of unbranched alkanes of at least 4 members (excludes halogenated alkanes) is 1. The van der Waals surface area contributed by atoms with Gasteiger partial charge in [0.1, 0.15) is 30.0 Å². The van der Waals surface area contributed by atoms with Gasteiger partial charge in [0.2, 0.25) is 0 Å². The largest absolute Gasteiger partial charge is 0.491 e. The molecule has 0 saturated heterocycles. The van der Waals surface area contributed by atoms with Gasteiger partial charge in [0, 0.05) is 42.5 Å². The van der Waals surface area contributed by atoms with Crippen LogP contribution in [-0.4, -0.2) is 53.7 Å². The Morgan fingerprint density at radius 1 is 1.29 bits per heavy atom. The van der Waals surface area contributed by atoms with E-state index in [0.717, 1.165) is 0 Å². The molecule has 1 aromatic carbocycles. The molecule has 2 rings (SSSR count). The summed E-state index contributed by atoms with van der Waals surface area (Å²) < 4.78 is 10.0. The van der Waals surface area contributed by atoms with Gasteiger partial charge in [-0.1, -0.05) is 29.8 Å². The highest BCUT2D eigenvalue weighted by atomic mass is 35.5. The maximum Gasteiger partial charge on any atom is 0.305 e. The van der Waals surface area contributed by atoms with Crippen molar-refractivity contribution in [1.29, 1.82) is 0 Å². The van der Waals surface area contributed by atoms with Crippen molar-refractivity contribution in [3.8, 4) is 5.75 Å². The van der Waals surface area contributed by atoms with Gasteiger partial charge in [0.15, 0.2) is 0 Å². The second-order valence-corrected chi connectivity index (χ2v) is 8.10. The number of ether oxygens (including phenoxy) is 2. The summed E-state index contributed by atoms with van der Waals surface area (Å²) in [5.41, 5.74) is 0. The standard InChI is InChI=1S/C23H29ClO7/c1-30-23(29)8-3-2-6-16(25)12-20-19(21(27)13-22(20)28)10-9-17(26)14-31-18-7-4-5-15(24)11-18/h4-5,7,9-11,17,19-21,26-27H,2-3,6,8,12-14H2,1H3/t17-,19+,20+,21+/m0/s1. The van der Waals surface area contributed by atoms with Crippen LogP contribution in [0.4, 0.5) is 0 Å². The molecular weight excluding hydrogens is 424 g/mol. The number of aliphatic hydroxyl groups excluding tert-OH is 2. The highest BCUT2D eigenvalue weighted by molar-refractivity contribution is 6.30. The Labute approximate surface area is 187 Å². The van der Waals surface area contributed by atoms with E-state index >= 15 is 0 Å². The Balaban J connectivity index is 1.84. The zero-order valence-electron chi connectivity index (χ0n) is 17.5. The quantitative estimate of drug-likeness (QED) is 0.285. The number of methoxy groups -OCH3 is 1. The summed E-state index contributed by atoms with van der Waals surface area (Å²) in [7, 11) is 1.32. The highest BCUT2D eigenvalue weighted by Crippen LogP contribution is 2.33. The molecule has 31 heavy (non-hydrogen) atoms. The fourth-order valence-electron chi connectivity index (χ4n) is 3.58.